The summed E-state index contributed by atoms with van der Waals surface area (Å²) in [7, 11) is 0. The predicted octanol–water partition coefficient (Wildman–Crippen LogP) is 3.57. The first kappa shape index (κ1) is 16.7. The van der Waals surface area contributed by atoms with Gasteiger partial charge in [0.15, 0.2) is 16.7 Å². The molecule has 0 spiro atoms. The number of fused-ring (bicyclic) bond motifs is 1. The topological polar surface area (TPSA) is 76.7 Å². The number of imidazole rings is 1. The molecule has 6 nitrogen and oxygen atoms in total. The average molecular weight is 370 g/mol. The molecule has 0 radical (unpaired) electrons. The summed E-state index contributed by atoms with van der Waals surface area (Å²) in [6.07, 6.45) is 2.27. The van der Waals surface area contributed by atoms with E-state index < -0.39 is 0 Å². The molecular formula is C19H18N2O4S. The number of ether oxygens (including phenoxy) is 2. The van der Waals surface area contributed by atoms with Crippen LogP contribution < -0.4 is 9.47 Å². The van der Waals surface area contributed by atoms with Gasteiger partial charge in [-0.2, -0.15) is 0 Å². The van der Waals surface area contributed by atoms with Gasteiger partial charge in [-0.05, 0) is 30.2 Å². The Balaban J connectivity index is 1.94. The summed E-state index contributed by atoms with van der Waals surface area (Å²) in [4.78, 5) is 4.29. The summed E-state index contributed by atoms with van der Waals surface area (Å²) >= 11 is 4.48. The highest BCUT2D eigenvalue weighted by Crippen LogP contribution is 2.41. The zero-order valence-corrected chi connectivity index (χ0v) is 15.0. The quantitative estimate of drug-likeness (QED) is 0.615. The molecule has 0 bridgehead atoms. The van der Waals surface area contributed by atoms with Crippen molar-refractivity contribution in [1.29, 1.82) is 0 Å². The molecule has 0 atom stereocenters. The van der Waals surface area contributed by atoms with Gasteiger partial charge in [0.2, 0.25) is 0 Å². The molecule has 0 saturated heterocycles. The Labute approximate surface area is 156 Å². The highest BCUT2D eigenvalue weighted by atomic mass is 32.1. The second-order valence-corrected chi connectivity index (χ2v) is 6.33. The molecule has 2 N–H and O–H groups in total. The lowest BCUT2D eigenvalue weighted by Crippen LogP contribution is -2.17. The number of aromatic nitrogens is 2. The van der Waals surface area contributed by atoms with E-state index in [-0.39, 0.29) is 11.5 Å². The maximum Gasteiger partial charge on any atom is 0.185 e. The number of para-hydroxylation sites is 1. The number of phenols is 2. The summed E-state index contributed by atoms with van der Waals surface area (Å²) in [6, 6.07) is 8.71. The SMILES string of the molecule is CCc1cc(-c2cnc(S)n2-c2cccc3c2OCCO3)c(O)cc1O. The normalized spacial score (nSPS) is 13.0. The molecule has 4 rings (SSSR count). The van der Waals surface area contributed by atoms with E-state index in [2.05, 4.69) is 17.6 Å². The Morgan fingerprint density at radius 3 is 2.77 bits per heavy atom. The molecular weight excluding hydrogens is 352 g/mol. The molecule has 0 fully saturated rings. The van der Waals surface area contributed by atoms with Crippen LogP contribution in [0.15, 0.2) is 41.7 Å². The molecule has 1 aromatic heterocycles. The highest BCUT2D eigenvalue weighted by Gasteiger charge is 2.22. The fourth-order valence-corrected chi connectivity index (χ4v) is 3.39. The Bertz CT molecular complexity index is 984. The van der Waals surface area contributed by atoms with Gasteiger partial charge in [0.05, 0.1) is 17.6 Å². The molecule has 0 saturated carbocycles. The molecule has 2 aromatic carbocycles. The van der Waals surface area contributed by atoms with Crippen molar-refractivity contribution in [2.75, 3.05) is 13.2 Å². The van der Waals surface area contributed by atoms with Gasteiger partial charge in [0, 0.05) is 11.6 Å². The molecule has 0 amide bonds. The molecule has 26 heavy (non-hydrogen) atoms. The van der Waals surface area contributed by atoms with Gasteiger partial charge in [0.1, 0.15) is 24.7 Å². The van der Waals surface area contributed by atoms with Crippen LogP contribution >= 0.6 is 12.6 Å². The second-order valence-electron chi connectivity index (χ2n) is 5.93. The number of phenolic OH excluding ortho intramolecular Hbond substituents is 2. The maximum atomic E-state index is 10.4. The number of aromatic hydroxyl groups is 2. The van der Waals surface area contributed by atoms with Crippen molar-refractivity contribution in [3.63, 3.8) is 0 Å². The minimum Gasteiger partial charge on any atom is -0.508 e. The third-order valence-electron chi connectivity index (χ3n) is 4.38. The summed E-state index contributed by atoms with van der Waals surface area (Å²) in [5.74, 6) is 1.31. The van der Waals surface area contributed by atoms with Crippen molar-refractivity contribution in [3.8, 4) is 39.9 Å². The average Bonchev–Trinajstić information content (AvgIpc) is 3.02. The van der Waals surface area contributed by atoms with Crippen LogP contribution in [-0.4, -0.2) is 33.0 Å². The first-order valence-electron chi connectivity index (χ1n) is 8.31. The molecule has 134 valence electrons. The predicted molar refractivity (Wildman–Crippen MR) is 99.9 cm³/mol. The smallest absolute Gasteiger partial charge is 0.185 e. The third kappa shape index (κ3) is 2.64. The van der Waals surface area contributed by atoms with Gasteiger partial charge in [-0.25, -0.2) is 4.98 Å². The fraction of sp³-hybridized carbons (Fsp3) is 0.211. The van der Waals surface area contributed by atoms with Gasteiger partial charge in [-0.1, -0.05) is 13.0 Å². The standard InChI is InChI=1S/C19H18N2O4S/c1-2-11-8-12(16(23)9-15(11)22)14-10-20-19(26)21(14)13-4-3-5-17-18(13)25-7-6-24-17/h3-5,8-10,22-23H,2,6-7H2,1H3,(H,20,26). The number of nitrogens with zero attached hydrogens (tertiary/aromatic N) is 2. The number of hydrogen-bond acceptors (Lipinski definition) is 6. The molecule has 0 aliphatic carbocycles. The number of hydrogen-bond donors (Lipinski definition) is 3. The maximum absolute atomic E-state index is 10.4. The number of rotatable bonds is 3. The zero-order chi connectivity index (χ0) is 18.3. The van der Waals surface area contributed by atoms with Crippen LogP contribution in [0, 0.1) is 0 Å². The van der Waals surface area contributed by atoms with E-state index in [1.807, 2.05) is 25.1 Å². The fourth-order valence-electron chi connectivity index (χ4n) is 3.11. The molecule has 2 heterocycles. The summed E-state index contributed by atoms with van der Waals surface area (Å²) in [5, 5.41) is 20.8. The van der Waals surface area contributed by atoms with Crippen molar-refractivity contribution in [2.24, 2.45) is 0 Å². The summed E-state index contributed by atoms with van der Waals surface area (Å²) in [5.41, 5.74) is 2.66. The van der Waals surface area contributed by atoms with Crippen LogP contribution in [0.5, 0.6) is 23.0 Å². The van der Waals surface area contributed by atoms with Gasteiger partial charge in [-0.15, -0.1) is 12.6 Å². The van der Waals surface area contributed by atoms with Crippen molar-refractivity contribution >= 4 is 12.6 Å². The van der Waals surface area contributed by atoms with Crippen molar-refractivity contribution < 1.29 is 19.7 Å². The third-order valence-corrected chi connectivity index (χ3v) is 4.70. The van der Waals surface area contributed by atoms with Gasteiger partial charge in [0.25, 0.3) is 0 Å². The second kappa shape index (κ2) is 6.49. The number of aryl methyl sites for hydroxylation is 1. The Morgan fingerprint density at radius 1 is 1.15 bits per heavy atom. The van der Waals surface area contributed by atoms with E-state index in [9.17, 15) is 10.2 Å². The van der Waals surface area contributed by atoms with Crippen molar-refractivity contribution in [1.82, 2.24) is 9.55 Å². The van der Waals surface area contributed by atoms with Crippen LogP contribution in [-0.2, 0) is 6.42 Å². The zero-order valence-electron chi connectivity index (χ0n) is 14.1. The van der Waals surface area contributed by atoms with Crippen LogP contribution in [0.4, 0.5) is 0 Å². The molecule has 3 aromatic rings. The Hall–Kier alpha value is -2.80. The molecule has 0 unspecified atom stereocenters. The van der Waals surface area contributed by atoms with Crippen LogP contribution in [0.1, 0.15) is 12.5 Å². The molecule has 1 aliphatic rings. The monoisotopic (exact) mass is 370 g/mol. The minimum atomic E-state index is -0.0313. The highest BCUT2D eigenvalue weighted by molar-refractivity contribution is 7.80. The lowest BCUT2D eigenvalue weighted by atomic mass is 10.0. The largest absolute Gasteiger partial charge is 0.508 e. The minimum absolute atomic E-state index is 0.0313. The number of thiol groups is 1. The van der Waals surface area contributed by atoms with Gasteiger partial charge >= 0.3 is 0 Å². The van der Waals surface area contributed by atoms with Gasteiger partial charge in [-0.3, -0.25) is 4.57 Å². The van der Waals surface area contributed by atoms with Gasteiger partial charge < -0.3 is 19.7 Å². The van der Waals surface area contributed by atoms with E-state index >= 15 is 0 Å². The van der Waals surface area contributed by atoms with E-state index in [0.29, 0.717) is 47.5 Å². The van der Waals surface area contributed by atoms with E-state index in [0.717, 1.165) is 11.3 Å². The lowest BCUT2D eigenvalue weighted by molar-refractivity contribution is 0.171. The van der Waals surface area contributed by atoms with Crippen molar-refractivity contribution in [2.45, 2.75) is 18.5 Å². The van der Waals surface area contributed by atoms with Crippen LogP contribution in [0.2, 0.25) is 0 Å². The Kier molecular flexibility index (Phi) is 4.16. The van der Waals surface area contributed by atoms with E-state index in [1.54, 1.807) is 16.8 Å². The molecule has 1 aliphatic heterocycles. The van der Waals surface area contributed by atoms with E-state index in [1.165, 1.54) is 6.07 Å². The lowest BCUT2D eigenvalue weighted by Gasteiger charge is -2.22. The van der Waals surface area contributed by atoms with E-state index in [4.69, 9.17) is 9.47 Å². The first-order chi connectivity index (χ1) is 12.6. The molecule has 7 heteroatoms. The number of benzene rings is 2. The van der Waals surface area contributed by atoms with Crippen molar-refractivity contribution in [3.05, 3.63) is 42.1 Å². The summed E-state index contributed by atoms with van der Waals surface area (Å²) in [6.45, 7) is 2.90. The summed E-state index contributed by atoms with van der Waals surface area (Å²) < 4.78 is 13.3. The van der Waals surface area contributed by atoms with Crippen LogP contribution in [0.3, 0.4) is 0 Å². The Morgan fingerprint density at radius 2 is 1.96 bits per heavy atom. The first-order valence-corrected chi connectivity index (χ1v) is 8.75. The van der Waals surface area contributed by atoms with Crippen LogP contribution in [0.25, 0.3) is 16.9 Å².